The molecular formula is C19H24BrFN4O. The molecule has 1 aliphatic rings. The monoisotopic (exact) mass is 422 g/mol. The van der Waals surface area contributed by atoms with Gasteiger partial charge in [0.1, 0.15) is 11.6 Å². The fraction of sp³-hybridized carbons (Fsp3) is 0.421. The van der Waals surface area contributed by atoms with Crippen LogP contribution in [0.1, 0.15) is 30.2 Å². The van der Waals surface area contributed by atoms with Gasteiger partial charge in [-0.2, -0.15) is 0 Å². The molecule has 7 heteroatoms. The topological polar surface area (TPSA) is 52.8 Å². The number of hydrogen-bond acceptors (Lipinski definition) is 3. The summed E-state index contributed by atoms with van der Waals surface area (Å²) in [4.78, 5) is 6.70. The minimum Gasteiger partial charge on any atom is -0.468 e. The number of furan rings is 1. The largest absolute Gasteiger partial charge is 0.468 e. The van der Waals surface area contributed by atoms with E-state index in [2.05, 4.69) is 36.5 Å². The number of halogens is 2. The highest BCUT2D eigenvalue weighted by atomic mass is 79.9. The molecule has 1 atom stereocenters. The molecule has 26 heavy (non-hydrogen) atoms. The molecule has 1 aliphatic heterocycles. The SMILES string of the molecule is CN=C(NCc1cc(F)cc(Br)c1)NCC(c1ccco1)N1CCCC1. The van der Waals surface area contributed by atoms with Crippen molar-refractivity contribution in [3.05, 3.63) is 58.2 Å². The first-order valence-corrected chi connectivity index (χ1v) is 9.62. The molecule has 1 unspecified atom stereocenters. The third-order valence-corrected chi connectivity index (χ3v) is 4.98. The van der Waals surface area contributed by atoms with Gasteiger partial charge in [-0.1, -0.05) is 15.9 Å². The van der Waals surface area contributed by atoms with E-state index in [1.807, 2.05) is 18.2 Å². The van der Waals surface area contributed by atoms with E-state index >= 15 is 0 Å². The normalized spacial score (nSPS) is 16.7. The van der Waals surface area contributed by atoms with Crippen LogP contribution in [-0.4, -0.2) is 37.5 Å². The number of likely N-dealkylation sites (tertiary alicyclic amines) is 1. The van der Waals surface area contributed by atoms with E-state index in [1.165, 1.54) is 25.0 Å². The van der Waals surface area contributed by atoms with E-state index in [1.54, 1.807) is 13.3 Å². The standard InChI is InChI=1S/C19H24BrFN4O/c1-22-19(23-12-14-9-15(20)11-16(21)10-14)24-13-17(18-5-4-8-26-18)25-6-2-3-7-25/h4-5,8-11,17H,2-3,6-7,12-13H2,1H3,(H2,22,23,24). The van der Waals surface area contributed by atoms with E-state index in [-0.39, 0.29) is 11.9 Å². The van der Waals surface area contributed by atoms with E-state index in [0.29, 0.717) is 19.0 Å². The van der Waals surface area contributed by atoms with Crippen LogP contribution < -0.4 is 10.6 Å². The van der Waals surface area contributed by atoms with Crippen LogP contribution in [0.15, 0.2) is 50.5 Å². The van der Waals surface area contributed by atoms with Crippen molar-refractivity contribution in [3.63, 3.8) is 0 Å². The number of hydrogen-bond donors (Lipinski definition) is 2. The Bertz CT molecular complexity index is 709. The average molecular weight is 423 g/mol. The minimum absolute atomic E-state index is 0.175. The Morgan fingerprint density at radius 3 is 2.77 bits per heavy atom. The molecule has 0 bridgehead atoms. The molecule has 1 saturated heterocycles. The summed E-state index contributed by atoms with van der Waals surface area (Å²) in [6.45, 7) is 3.35. The molecule has 1 fully saturated rings. The fourth-order valence-electron chi connectivity index (χ4n) is 3.26. The van der Waals surface area contributed by atoms with Gasteiger partial charge >= 0.3 is 0 Å². The first-order chi connectivity index (χ1) is 12.7. The second-order valence-corrected chi connectivity index (χ2v) is 7.27. The smallest absolute Gasteiger partial charge is 0.191 e. The number of guanidine groups is 1. The van der Waals surface area contributed by atoms with Crippen molar-refractivity contribution in [1.82, 2.24) is 15.5 Å². The van der Waals surface area contributed by atoms with Gasteiger partial charge in [0, 0.05) is 24.6 Å². The highest BCUT2D eigenvalue weighted by Gasteiger charge is 2.25. The molecule has 2 heterocycles. The van der Waals surface area contributed by atoms with Gasteiger partial charge in [-0.25, -0.2) is 4.39 Å². The first-order valence-electron chi connectivity index (χ1n) is 8.82. The molecule has 0 spiro atoms. The molecule has 2 aromatic rings. The zero-order chi connectivity index (χ0) is 18.4. The summed E-state index contributed by atoms with van der Waals surface area (Å²) >= 11 is 3.32. The molecule has 0 amide bonds. The van der Waals surface area contributed by atoms with E-state index in [0.717, 1.165) is 28.9 Å². The van der Waals surface area contributed by atoms with Gasteiger partial charge in [0.2, 0.25) is 0 Å². The predicted molar refractivity (Wildman–Crippen MR) is 105 cm³/mol. The third kappa shape index (κ3) is 5.08. The van der Waals surface area contributed by atoms with Crippen molar-refractivity contribution in [1.29, 1.82) is 0 Å². The van der Waals surface area contributed by atoms with Gasteiger partial charge in [-0.3, -0.25) is 9.89 Å². The maximum Gasteiger partial charge on any atom is 0.191 e. The molecule has 5 nitrogen and oxygen atoms in total. The van der Waals surface area contributed by atoms with Gasteiger partial charge in [0.05, 0.1) is 12.3 Å². The molecular weight excluding hydrogens is 399 g/mol. The van der Waals surface area contributed by atoms with Crippen molar-refractivity contribution in [2.45, 2.75) is 25.4 Å². The van der Waals surface area contributed by atoms with E-state index < -0.39 is 0 Å². The number of aliphatic imine (C=N–C) groups is 1. The molecule has 140 valence electrons. The van der Waals surface area contributed by atoms with Crippen LogP contribution >= 0.6 is 15.9 Å². The van der Waals surface area contributed by atoms with Crippen LogP contribution in [0.2, 0.25) is 0 Å². The number of nitrogens with one attached hydrogen (secondary N) is 2. The average Bonchev–Trinajstić information content (AvgIpc) is 3.31. The summed E-state index contributed by atoms with van der Waals surface area (Å²) in [7, 11) is 1.73. The summed E-state index contributed by atoms with van der Waals surface area (Å²) in [6, 6.07) is 8.97. The Hall–Kier alpha value is -1.86. The summed E-state index contributed by atoms with van der Waals surface area (Å²) in [5.41, 5.74) is 0.849. The van der Waals surface area contributed by atoms with Crippen LogP contribution in [0, 0.1) is 5.82 Å². The fourth-order valence-corrected chi connectivity index (χ4v) is 3.77. The molecule has 1 aromatic heterocycles. The molecule has 0 saturated carbocycles. The highest BCUT2D eigenvalue weighted by Crippen LogP contribution is 2.24. The molecule has 2 N–H and O–H groups in total. The molecule has 0 radical (unpaired) electrons. The Morgan fingerprint density at radius 1 is 1.31 bits per heavy atom. The maximum absolute atomic E-state index is 13.5. The third-order valence-electron chi connectivity index (χ3n) is 4.52. The Labute approximate surface area is 161 Å². The summed E-state index contributed by atoms with van der Waals surface area (Å²) in [5, 5.41) is 6.60. The lowest BCUT2D eigenvalue weighted by Gasteiger charge is -2.26. The molecule has 0 aliphatic carbocycles. The quantitative estimate of drug-likeness (QED) is 0.550. The van der Waals surface area contributed by atoms with Crippen molar-refractivity contribution >= 4 is 21.9 Å². The lowest BCUT2D eigenvalue weighted by atomic mass is 10.2. The van der Waals surface area contributed by atoms with Gasteiger partial charge in [0.25, 0.3) is 0 Å². The van der Waals surface area contributed by atoms with Crippen LogP contribution in [-0.2, 0) is 6.54 Å². The van der Waals surface area contributed by atoms with Crippen molar-refractivity contribution in [3.8, 4) is 0 Å². The Kier molecular flexibility index (Phi) is 6.68. The molecule has 3 rings (SSSR count). The Morgan fingerprint density at radius 2 is 2.12 bits per heavy atom. The van der Waals surface area contributed by atoms with Crippen LogP contribution in [0.3, 0.4) is 0 Å². The van der Waals surface area contributed by atoms with Crippen molar-refractivity contribution in [2.24, 2.45) is 4.99 Å². The van der Waals surface area contributed by atoms with E-state index in [9.17, 15) is 4.39 Å². The number of rotatable bonds is 6. The first kappa shape index (κ1) is 18.9. The van der Waals surface area contributed by atoms with Gasteiger partial charge < -0.3 is 15.1 Å². The van der Waals surface area contributed by atoms with Crippen LogP contribution in [0.25, 0.3) is 0 Å². The van der Waals surface area contributed by atoms with Crippen molar-refractivity contribution < 1.29 is 8.81 Å². The van der Waals surface area contributed by atoms with Crippen LogP contribution in [0.4, 0.5) is 4.39 Å². The summed E-state index contributed by atoms with van der Waals surface area (Å²) in [5.74, 6) is 1.39. The zero-order valence-electron chi connectivity index (χ0n) is 14.8. The highest BCUT2D eigenvalue weighted by molar-refractivity contribution is 9.10. The summed E-state index contributed by atoms with van der Waals surface area (Å²) < 4.78 is 19.9. The molecule has 1 aromatic carbocycles. The van der Waals surface area contributed by atoms with Crippen molar-refractivity contribution in [2.75, 3.05) is 26.7 Å². The maximum atomic E-state index is 13.5. The number of nitrogens with zero attached hydrogens (tertiary/aromatic N) is 2. The van der Waals surface area contributed by atoms with Gasteiger partial charge in [-0.05, 0) is 61.8 Å². The lowest BCUT2D eigenvalue weighted by molar-refractivity contribution is 0.215. The predicted octanol–water partition coefficient (Wildman–Crippen LogP) is 3.68. The van der Waals surface area contributed by atoms with Gasteiger partial charge in [0.15, 0.2) is 5.96 Å². The van der Waals surface area contributed by atoms with Gasteiger partial charge in [-0.15, -0.1) is 0 Å². The minimum atomic E-state index is -0.258. The van der Waals surface area contributed by atoms with Crippen LogP contribution in [0.5, 0.6) is 0 Å². The Balaban J connectivity index is 1.58. The second kappa shape index (κ2) is 9.19. The lowest BCUT2D eigenvalue weighted by Crippen LogP contribution is -2.42. The van der Waals surface area contributed by atoms with E-state index in [4.69, 9.17) is 4.42 Å². The zero-order valence-corrected chi connectivity index (χ0v) is 16.4. The number of benzene rings is 1. The summed E-state index contributed by atoms with van der Waals surface area (Å²) in [6.07, 6.45) is 4.16. The second-order valence-electron chi connectivity index (χ2n) is 6.36.